The summed E-state index contributed by atoms with van der Waals surface area (Å²) in [6.07, 6.45) is 2.28. The lowest BCUT2D eigenvalue weighted by Gasteiger charge is -2.35. The second-order valence-electron chi connectivity index (χ2n) is 9.83. The highest BCUT2D eigenvalue weighted by Gasteiger charge is 2.39. The summed E-state index contributed by atoms with van der Waals surface area (Å²) >= 11 is 0. The molecule has 33 heavy (non-hydrogen) atoms. The molecule has 0 aromatic heterocycles. The predicted octanol–water partition coefficient (Wildman–Crippen LogP) is 1.44. The molecule has 2 bridgehead atoms. The second kappa shape index (κ2) is 9.43. The molecule has 2 fully saturated rings. The van der Waals surface area contributed by atoms with E-state index in [-0.39, 0.29) is 22.9 Å². The normalized spacial score (nSPS) is 23.7. The second-order valence-corrected chi connectivity index (χ2v) is 9.83. The monoisotopic (exact) mass is 452 g/mol. The summed E-state index contributed by atoms with van der Waals surface area (Å²) in [6.45, 7) is 10.1. The van der Waals surface area contributed by atoms with E-state index in [0.29, 0.717) is 12.5 Å². The van der Waals surface area contributed by atoms with Gasteiger partial charge in [-0.3, -0.25) is 14.6 Å². The quantitative estimate of drug-likeness (QED) is 0.702. The molecule has 0 aliphatic carbocycles. The van der Waals surface area contributed by atoms with Gasteiger partial charge in [-0.05, 0) is 42.5 Å². The van der Waals surface area contributed by atoms with Crippen molar-refractivity contribution in [3.8, 4) is 0 Å². The minimum atomic E-state index is 0. The van der Waals surface area contributed by atoms with Crippen LogP contribution in [0.5, 0.6) is 0 Å². The minimum absolute atomic E-state index is 0. The van der Waals surface area contributed by atoms with Crippen molar-refractivity contribution in [1.82, 2.24) is 9.80 Å². The molecule has 7 heteroatoms. The van der Waals surface area contributed by atoms with Crippen LogP contribution in [-0.2, 0) is 17.8 Å². The van der Waals surface area contributed by atoms with Crippen molar-refractivity contribution in [2.45, 2.75) is 38.3 Å². The van der Waals surface area contributed by atoms with Crippen LogP contribution in [0.15, 0.2) is 42.5 Å². The summed E-state index contributed by atoms with van der Waals surface area (Å²) in [5, 5.41) is 0. The average molecular weight is 453 g/mol. The van der Waals surface area contributed by atoms with E-state index < -0.39 is 0 Å². The number of fused-ring (bicyclic) bond motifs is 6. The Morgan fingerprint density at radius 2 is 1.67 bits per heavy atom. The van der Waals surface area contributed by atoms with Crippen molar-refractivity contribution in [1.29, 1.82) is 0 Å². The molecule has 0 spiro atoms. The molecule has 4 N–H and O–H groups in total. The Morgan fingerprint density at radius 1 is 0.939 bits per heavy atom. The smallest absolute Gasteiger partial charge is 0.241 e. The summed E-state index contributed by atoms with van der Waals surface area (Å²) in [5.41, 5.74) is 6.83. The van der Waals surface area contributed by atoms with Crippen LogP contribution in [-0.4, -0.2) is 78.5 Å². The number of rotatable bonds is 4. The van der Waals surface area contributed by atoms with Gasteiger partial charge < -0.3 is 20.8 Å². The van der Waals surface area contributed by atoms with Gasteiger partial charge in [0.25, 0.3) is 0 Å². The molecular formula is C26H36N4O3. The van der Waals surface area contributed by atoms with Gasteiger partial charge >= 0.3 is 0 Å². The SMILES string of the molecule is CC1Cc2cc3c(cc2N1C(=O)CN1CCN(Cc2ccccc2)CC1)N1CCC3C1.O.O. The number of nitrogens with zero attached hydrogens (tertiary/aromatic N) is 4. The minimum Gasteiger partial charge on any atom is -0.412 e. The van der Waals surface area contributed by atoms with Crippen LogP contribution in [0.1, 0.15) is 36.0 Å². The van der Waals surface area contributed by atoms with E-state index in [9.17, 15) is 4.79 Å². The van der Waals surface area contributed by atoms with Gasteiger partial charge in [0.2, 0.25) is 5.91 Å². The molecule has 7 nitrogen and oxygen atoms in total. The molecule has 2 aromatic rings. The molecule has 4 aliphatic rings. The molecule has 4 aliphatic heterocycles. The molecule has 0 saturated carbocycles. The Morgan fingerprint density at radius 3 is 2.42 bits per heavy atom. The first-order valence-corrected chi connectivity index (χ1v) is 11.9. The average Bonchev–Trinajstić information content (AvgIpc) is 3.47. The highest BCUT2D eigenvalue weighted by Crippen LogP contribution is 2.48. The lowest BCUT2D eigenvalue weighted by atomic mass is 9.94. The number of carbonyl (C=O) groups excluding carboxylic acids is 1. The molecule has 2 aromatic carbocycles. The van der Waals surface area contributed by atoms with Gasteiger partial charge in [-0.2, -0.15) is 0 Å². The topological polar surface area (TPSA) is 93.0 Å². The summed E-state index contributed by atoms with van der Waals surface area (Å²) in [6, 6.07) is 15.7. The third-order valence-corrected chi connectivity index (χ3v) is 7.75. The van der Waals surface area contributed by atoms with Crippen molar-refractivity contribution in [2.75, 3.05) is 55.6 Å². The highest BCUT2D eigenvalue weighted by atomic mass is 16.2. The molecular weight excluding hydrogens is 416 g/mol. The number of hydrogen-bond donors (Lipinski definition) is 0. The van der Waals surface area contributed by atoms with Crippen LogP contribution in [0.2, 0.25) is 0 Å². The van der Waals surface area contributed by atoms with Gasteiger partial charge in [-0.1, -0.05) is 36.4 Å². The lowest BCUT2D eigenvalue weighted by Crippen LogP contribution is -2.50. The lowest BCUT2D eigenvalue weighted by molar-refractivity contribution is -0.120. The first kappa shape index (κ1) is 23.7. The molecule has 178 valence electrons. The van der Waals surface area contributed by atoms with E-state index in [0.717, 1.165) is 39.1 Å². The van der Waals surface area contributed by atoms with E-state index in [1.54, 1.807) is 0 Å². The summed E-state index contributed by atoms with van der Waals surface area (Å²) in [4.78, 5) is 22.8. The van der Waals surface area contributed by atoms with E-state index in [2.05, 4.69) is 69.0 Å². The Labute approximate surface area is 196 Å². The third kappa shape index (κ3) is 4.26. The van der Waals surface area contributed by atoms with Crippen molar-refractivity contribution in [3.63, 3.8) is 0 Å². The maximum Gasteiger partial charge on any atom is 0.241 e. The maximum atomic E-state index is 13.4. The van der Waals surface area contributed by atoms with Crippen molar-refractivity contribution in [3.05, 3.63) is 59.2 Å². The van der Waals surface area contributed by atoms with Gasteiger partial charge in [0.15, 0.2) is 0 Å². The Balaban J connectivity index is 0.00000130. The molecule has 2 saturated heterocycles. The molecule has 2 atom stereocenters. The summed E-state index contributed by atoms with van der Waals surface area (Å²) in [7, 11) is 0. The van der Waals surface area contributed by atoms with Gasteiger partial charge in [0.1, 0.15) is 0 Å². The molecule has 6 rings (SSSR count). The first-order valence-electron chi connectivity index (χ1n) is 11.9. The Hall–Kier alpha value is -2.45. The summed E-state index contributed by atoms with van der Waals surface area (Å²) < 4.78 is 0. The number of hydrogen-bond acceptors (Lipinski definition) is 4. The highest BCUT2D eigenvalue weighted by molar-refractivity contribution is 5.98. The van der Waals surface area contributed by atoms with Gasteiger partial charge in [-0.15, -0.1) is 0 Å². The van der Waals surface area contributed by atoms with Crippen molar-refractivity contribution in [2.24, 2.45) is 0 Å². The fraction of sp³-hybridized carbons (Fsp3) is 0.500. The van der Waals surface area contributed by atoms with E-state index in [1.165, 1.54) is 47.6 Å². The van der Waals surface area contributed by atoms with Crippen LogP contribution in [0.4, 0.5) is 11.4 Å². The van der Waals surface area contributed by atoms with Crippen LogP contribution < -0.4 is 9.80 Å². The largest absolute Gasteiger partial charge is 0.412 e. The Bertz CT molecular complexity index is 991. The van der Waals surface area contributed by atoms with Crippen LogP contribution in [0, 0.1) is 0 Å². The van der Waals surface area contributed by atoms with E-state index in [4.69, 9.17) is 0 Å². The molecule has 0 radical (unpaired) electrons. The van der Waals surface area contributed by atoms with E-state index >= 15 is 0 Å². The number of anilines is 2. The molecule has 4 heterocycles. The fourth-order valence-electron chi connectivity index (χ4n) is 6.10. The van der Waals surface area contributed by atoms with Gasteiger partial charge in [0, 0.05) is 69.1 Å². The maximum absolute atomic E-state index is 13.4. The first-order chi connectivity index (χ1) is 15.2. The van der Waals surface area contributed by atoms with Gasteiger partial charge in [-0.25, -0.2) is 0 Å². The number of benzene rings is 2. The zero-order valence-corrected chi connectivity index (χ0v) is 19.5. The van der Waals surface area contributed by atoms with E-state index in [1.807, 2.05) is 0 Å². The van der Waals surface area contributed by atoms with Crippen LogP contribution in [0.25, 0.3) is 0 Å². The van der Waals surface area contributed by atoms with Crippen LogP contribution in [0.3, 0.4) is 0 Å². The molecule has 1 amide bonds. The van der Waals surface area contributed by atoms with Crippen LogP contribution >= 0.6 is 0 Å². The predicted molar refractivity (Wildman–Crippen MR) is 132 cm³/mol. The number of piperazine rings is 1. The van der Waals surface area contributed by atoms with Crippen molar-refractivity contribution < 1.29 is 15.7 Å². The van der Waals surface area contributed by atoms with Gasteiger partial charge in [0.05, 0.1) is 6.54 Å². The number of carbonyl (C=O) groups is 1. The number of amides is 1. The Kier molecular flexibility index (Phi) is 6.77. The fourth-order valence-corrected chi connectivity index (χ4v) is 6.10. The zero-order valence-electron chi connectivity index (χ0n) is 19.5. The molecule has 2 unspecified atom stereocenters. The van der Waals surface area contributed by atoms with Crippen molar-refractivity contribution >= 4 is 17.3 Å². The third-order valence-electron chi connectivity index (χ3n) is 7.75. The standard InChI is InChI=1S/C26H32N4O.2H2O/c1-19-13-22-14-23-21-7-8-29(17-21)25(23)15-24(22)30(19)26(31)18-28-11-9-27(10-12-28)16-20-5-3-2-4-6-20;;/h2-6,14-15,19,21H,7-13,16-18H2,1H3;2*1H2. The summed E-state index contributed by atoms with van der Waals surface area (Å²) in [5.74, 6) is 0.980. The zero-order chi connectivity index (χ0) is 20.9.